The van der Waals surface area contributed by atoms with Crippen molar-refractivity contribution in [2.45, 2.75) is 27.7 Å². The second-order valence-corrected chi connectivity index (χ2v) is 9.37. The third-order valence-corrected chi connectivity index (χ3v) is 6.26. The first kappa shape index (κ1) is 23.2. The van der Waals surface area contributed by atoms with Crippen LogP contribution in [0.25, 0.3) is 11.9 Å². The summed E-state index contributed by atoms with van der Waals surface area (Å²) in [5, 5.41) is 5.69. The Bertz CT molecular complexity index is 1440. The van der Waals surface area contributed by atoms with E-state index in [4.69, 9.17) is 4.74 Å². The summed E-state index contributed by atoms with van der Waals surface area (Å²) in [4.78, 5) is 8.83. The van der Waals surface area contributed by atoms with Gasteiger partial charge in [-0.1, -0.05) is 30.3 Å². The van der Waals surface area contributed by atoms with E-state index in [1.807, 2.05) is 51.1 Å². The summed E-state index contributed by atoms with van der Waals surface area (Å²) in [6.45, 7) is 7.75. The van der Waals surface area contributed by atoms with Crippen molar-refractivity contribution in [2.75, 3.05) is 4.72 Å². The highest BCUT2D eigenvalue weighted by Crippen LogP contribution is 2.24. The normalized spacial score (nSPS) is 11.6. The quantitative estimate of drug-likeness (QED) is 0.399. The molecule has 0 saturated carbocycles. The van der Waals surface area contributed by atoms with Crippen LogP contribution in [0.5, 0.6) is 11.6 Å². The lowest BCUT2D eigenvalue weighted by Gasteiger charge is -2.10. The second kappa shape index (κ2) is 9.48. The first-order chi connectivity index (χ1) is 16.2. The molecular weight excluding hydrogens is 450 g/mol. The van der Waals surface area contributed by atoms with E-state index in [2.05, 4.69) is 19.8 Å². The summed E-state index contributed by atoms with van der Waals surface area (Å²) in [6, 6.07) is 17.5. The summed E-state index contributed by atoms with van der Waals surface area (Å²) in [6.07, 6.45) is 1.54. The number of aryl methyl sites for hydroxylation is 2. The van der Waals surface area contributed by atoms with Crippen molar-refractivity contribution in [3.8, 4) is 17.4 Å². The van der Waals surface area contributed by atoms with E-state index in [9.17, 15) is 8.42 Å². The molecule has 4 rings (SSSR count). The molecule has 0 saturated heterocycles. The van der Waals surface area contributed by atoms with Gasteiger partial charge in [-0.2, -0.15) is 10.1 Å². The molecule has 0 spiro atoms. The molecule has 0 fully saturated rings. The third kappa shape index (κ3) is 5.49. The van der Waals surface area contributed by atoms with Crippen LogP contribution in [-0.4, -0.2) is 28.2 Å². The van der Waals surface area contributed by atoms with Gasteiger partial charge in [-0.25, -0.2) is 18.1 Å². The Morgan fingerprint density at radius 2 is 1.65 bits per heavy atom. The predicted molar refractivity (Wildman–Crippen MR) is 133 cm³/mol. The highest BCUT2D eigenvalue weighted by molar-refractivity contribution is 7.95. The fraction of sp³-hybridized carbons (Fsp3) is 0.160. The number of nitrogens with one attached hydrogen (secondary N) is 1. The van der Waals surface area contributed by atoms with Crippen LogP contribution in [0.3, 0.4) is 0 Å². The largest absolute Gasteiger partial charge is 0.439 e. The van der Waals surface area contributed by atoms with Crippen molar-refractivity contribution in [2.24, 2.45) is 0 Å². The maximum absolute atomic E-state index is 12.4. The Labute approximate surface area is 199 Å². The third-order valence-electron chi connectivity index (χ3n) is 5.25. The Kier molecular flexibility index (Phi) is 6.47. The molecular formula is C25H25N5O3S. The molecule has 0 aliphatic rings. The first-order valence-electron chi connectivity index (χ1n) is 10.6. The van der Waals surface area contributed by atoms with Crippen molar-refractivity contribution >= 4 is 21.8 Å². The van der Waals surface area contributed by atoms with E-state index in [0.717, 1.165) is 27.9 Å². The lowest BCUT2D eigenvalue weighted by molar-refractivity contribution is 0.459. The molecule has 2 aromatic carbocycles. The molecule has 0 amide bonds. The standard InChI is InChI=1S/C25H25N5O3S/c1-17-18(2)28-30(19(17)3)24-16-25(27-20(4)26-24)33-23-12-10-22(11-13-23)29-34(31,32)15-14-21-8-6-5-7-9-21/h5-16,29H,1-4H3/b15-14+. The van der Waals surface area contributed by atoms with Gasteiger partial charge in [-0.05, 0) is 69.2 Å². The molecule has 8 nitrogen and oxygen atoms in total. The van der Waals surface area contributed by atoms with Gasteiger partial charge >= 0.3 is 0 Å². The zero-order valence-corrected chi connectivity index (χ0v) is 20.2. The highest BCUT2D eigenvalue weighted by atomic mass is 32.2. The van der Waals surface area contributed by atoms with E-state index >= 15 is 0 Å². The van der Waals surface area contributed by atoms with Crippen molar-refractivity contribution in [3.63, 3.8) is 0 Å². The zero-order chi connectivity index (χ0) is 24.3. The van der Waals surface area contributed by atoms with Crippen LogP contribution >= 0.6 is 0 Å². The van der Waals surface area contributed by atoms with Crippen LogP contribution in [0.15, 0.2) is 66.1 Å². The molecule has 9 heteroatoms. The lowest BCUT2D eigenvalue weighted by Crippen LogP contribution is -2.08. The van der Waals surface area contributed by atoms with Crippen LogP contribution in [-0.2, 0) is 10.0 Å². The summed E-state index contributed by atoms with van der Waals surface area (Å²) in [7, 11) is -3.65. The van der Waals surface area contributed by atoms with E-state index in [1.54, 1.807) is 48.0 Å². The number of hydrogen-bond acceptors (Lipinski definition) is 6. The molecule has 0 radical (unpaired) electrons. The van der Waals surface area contributed by atoms with Gasteiger partial charge in [0.05, 0.1) is 11.1 Å². The molecule has 0 aliphatic carbocycles. The predicted octanol–water partition coefficient (Wildman–Crippen LogP) is 5.10. The zero-order valence-electron chi connectivity index (χ0n) is 19.4. The van der Waals surface area contributed by atoms with Gasteiger partial charge in [0.1, 0.15) is 11.6 Å². The van der Waals surface area contributed by atoms with Crippen LogP contribution in [0.2, 0.25) is 0 Å². The molecule has 0 aliphatic heterocycles. The molecule has 0 bridgehead atoms. The molecule has 1 N–H and O–H groups in total. The Hall–Kier alpha value is -3.98. The average molecular weight is 476 g/mol. The average Bonchev–Trinajstić information content (AvgIpc) is 3.06. The molecule has 174 valence electrons. The van der Waals surface area contributed by atoms with Gasteiger partial charge in [0, 0.05) is 17.4 Å². The minimum atomic E-state index is -3.65. The molecule has 2 heterocycles. The van der Waals surface area contributed by atoms with Gasteiger partial charge in [0.25, 0.3) is 10.0 Å². The van der Waals surface area contributed by atoms with Crippen LogP contribution in [0.1, 0.15) is 28.3 Å². The number of anilines is 1. The molecule has 0 unspecified atom stereocenters. The topological polar surface area (TPSA) is 99.0 Å². The summed E-state index contributed by atoms with van der Waals surface area (Å²) >= 11 is 0. The lowest BCUT2D eigenvalue weighted by atomic mass is 10.2. The molecule has 4 aromatic rings. The number of sulfonamides is 1. The molecule has 34 heavy (non-hydrogen) atoms. The number of aromatic nitrogens is 4. The maximum Gasteiger partial charge on any atom is 0.255 e. The highest BCUT2D eigenvalue weighted by Gasteiger charge is 2.13. The van der Waals surface area contributed by atoms with E-state index in [0.29, 0.717) is 29.0 Å². The first-order valence-corrected chi connectivity index (χ1v) is 12.2. The van der Waals surface area contributed by atoms with Gasteiger partial charge in [-0.3, -0.25) is 4.72 Å². The van der Waals surface area contributed by atoms with Gasteiger partial charge in [0.15, 0.2) is 5.82 Å². The van der Waals surface area contributed by atoms with E-state index in [1.165, 1.54) is 0 Å². The number of benzene rings is 2. The molecule has 0 atom stereocenters. The summed E-state index contributed by atoms with van der Waals surface area (Å²) in [5.74, 6) is 2.04. The number of rotatable bonds is 7. The fourth-order valence-electron chi connectivity index (χ4n) is 3.27. The Morgan fingerprint density at radius 3 is 2.29 bits per heavy atom. The van der Waals surface area contributed by atoms with Crippen LogP contribution in [0.4, 0.5) is 5.69 Å². The fourth-order valence-corrected chi connectivity index (χ4v) is 4.14. The van der Waals surface area contributed by atoms with Crippen molar-refractivity contribution in [3.05, 3.63) is 94.4 Å². The number of ether oxygens (including phenoxy) is 1. The monoisotopic (exact) mass is 475 g/mol. The minimum absolute atomic E-state index is 0.367. The molecule has 2 aromatic heterocycles. The van der Waals surface area contributed by atoms with Crippen molar-refractivity contribution in [1.82, 2.24) is 19.7 Å². The Balaban J connectivity index is 1.48. The smallest absolute Gasteiger partial charge is 0.255 e. The minimum Gasteiger partial charge on any atom is -0.439 e. The summed E-state index contributed by atoms with van der Waals surface area (Å²) in [5.41, 5.74) is 4.26. The number of nitrogens with zero attached hydrogens (tertiary/aromatic N) is 4. The maximum atomic E-state index is 12.4. The Morgan fingerprint density at radius 1 is 0.941 bits per heavy atom. The SMILES string of the molecule is Cc1nc(Oc2ccc(NS(=O)(=O)/C=C/c3ccccc3)cc2)cc(-n2nc(C)c(C)c2C)n1. The van der Waals surface area contributed by atoms with Crippen LogP contribution < -0.4 is 9.46 Å². The summed E-state index contributed by atoms with van der Waals surface area (Å²) < 4.78 is 34.9. The van der Waals surface area contributed by atoms with E-state index < -0.39 is 10.0 Å². The van der Waals surface area contributed by atoms with Crippen molar-refractivity contribution in [1.29, 1.82) is 0 Å². The van der Waals surface area contributed by atoms with Crippen molar-refractivity contribution < 1.29 is 13.2 Å². The van der Waals surface area contributed by atoms with Gasteiger partial charge in [-0.15, -0.1) is 0 Å². The van der Waals surface area contributed by atoms with Gasteiger partial charge in [0.2, 0.25) is 5.88 Å². The van der Waals surface area contributed by atoms with Crippen LogP contribution in [0, 0.1) is 27.7 Å². The second-order valence-electron chi connectivity index (χ2n) is 7.81. The van der Waals surface area contributed by atoms with Gasteiger partial charge < -0.3 is 4.74 Å². The van der Waals surface area contributed by atoms with E-state index in [-0.39, 0.29) is 0 Å². The number of hydrogen-bond donors (Lipinski definition) is 1.